The topological polar surface area (TPSA) is 94.7 Å². The molecule has 30 heavy (non-hydrogen) atoms. The van der Waals surface area contributed by atoms with Gasteiger partial charge < -0.3 is 4.98 Å². The number of imidazole rings is 1. The molecule has 7 nitrogen and oxygen atoms in total. The van der Waals surface area contributed by atoms with E-state index in [-0.39, 0.29) is 6.54 Å². The van der Waals surface area contributed by atoms with E-state index in [0.29, 0.717) is 17.9 Å². The molecule has 0 saturated carbocycles. The van der Waals surface area contributed by atoms with E-state index in [1.54, 1.807) is 12.1 Å². The van der Waals surface area contributed by atoms with Crippen molar-refractivity contribution in [3.8, 4) is 11.5 Å². The Kier molecular flexibility index (Phi) is 4.30. The van der Waals surface area contributed by atoms with Crippen molar-refractivity contribution in [1.29, 1.82) is 0 Å². The van der Waals surface area contributed by atoms with Gasteiger partial charge in [-0.25, -0.2) is 13.4 Å². The number of aromatic nitrogens is 4. The first-order valence-corrected chi connectivity index (χ1v) is 11.4. The molecule has 5 rings (SSSR count). The van der Waals surface area contributed by atoms with E-state index in [1.165, 1.54) is 15.4 Å². The van der Waals surface area contributed by atoms with E-state index in [9.17, 15) is 8.42 Å². The van der Waals surface area contributed by atoms with Crippen molar-refractivity contribution in [3.63, 3.8) is 0 Å². The molecule has 4 aromatic rings. The van der Waals surface area contributed by atoms with Gasteiger partial charge in [0.2, 0.25) is 10.0 Å². The van der Waals surface area contributed by atoms with Gasteiger partial charge in [-0.05, 0) is 62.1 Å². The monoisotopic (exact) mass is 421 g/mol. The maximum atomic E-state index is 13.1. The molecule has 0 aliphatic carbocycles. The molecule has 1 aliphatic heterocycles. The summed E-state index contributed by atoms with van der Waals surface area (Å²) in [5.41, 5.74) is 7.67. The van der Waals surface area contributed by atoms with E-state index in [4.69, 9.17) is 4.98 Å². The lowest BCUT2D eigenvalue weighted by molar-refractivity contribution is 0.387. The Morgan fingerprint density at radius 2 is 1.80 bits per heavy atom. The molecular formula is C22H23N5O2S. The quantitative estimate of drug-likeness (QED) is 0.528. The number of nitrogens with zero attached hydrogens (tertiary/aromatic N) is 3. The normalized spacial score (nSPS) is 14.9. The van der Waals surface area contributed by atoms with Crippen LogP contribution in [0.4, 0.5) is 0 Å². The van der Waals surface area contributed by atoms with Gasteiger partial charge in [-0.2, -0.15) is 9.40 Å². The molecule has 2 aromatic carbocycles. The van der Waals surface area contributed by atoms with Crippen molar-refractivity contribution in [3.05, 3.63) is 64.3 Å². The lowest BCUT2D eigenvalue weighted by Crippen LogP contribution is -2.36. The summed E-state index contributed by atoms with van der Waals surface area (Å²) < 4.78 is 27.8. The van der Waals surface area contributed by atoms with Crippen LogP contribution in [0, 0.1) is 20.8 Å². The van der Waals surface area contributed by atoms with Crippen molar-refractivity contribution in [2.45, 2.75) is 38.6 Å². The number of hydrogen-bond donors (Lipinski definition) is 2. The van der Waals surface area contributed by atoms with Gasteiger partial charge in [0.1, 0.15) is 5.69 Å². The number of sulfonamides is 1. The summed E-state index contributed by atoms with van der Waals surface area (Å²) in [6.07, 6.45) is 0.585. The molecular weight excluding hydrogens is 398 g/mol. The minimum absolute atomic E-state index is 0.251. The number of rotatable bonds is 3. The average molecular weight is 422 g/mol. The second-order valence-electron chi connectivity index (χ2n) is 7.92. The second kappa shape index (κ2) is 6.78. The fourth-order valence-corrected chi connectivity index (χ4v) is 5.69. The Labute approximate surface area is 175 Å². The Morgan fingerprint density at radius 1 is 1.03 bits per heavy atom. The minimum Gasteiger partial charge on any atom is -0.337 e. The van der Waals surface area contributed by atoms with Crippen molar-refractivity contribution < 1.29 is 8.42 Å². The molecule has 0 amide bonds. The second-order valence-corrected chi connectivity index (χ2v) is 9.82. The molecule has 0 unspecified atom stereocenters. The summed E-state index contributed by atoms with van der Waals surface area (Å²) in [4.78, 5) is 8.46. The zero-order chi connectivity index (χ0) is 21.0. The van der Waals surface area contributed by atoms with Gasteiger partial charge in [0.15, 0.2) is 5.82 Å². The highest BCUT2D eigenvalue weighted by Crippen LogP contribution is 2.31. The number of benzene rings is 2. The van der Waals surface area contributed by atoms with Crippen LogP contribution in [0.3, 0.4) is 0 Å². The fraction of sp³-hybridized carbons (Fsp3) is 0.273. The van der Waals surface area contributed by atoms with Crippen molar-refractivity contribution in [2.24, 2.45) is 0 Å². The van der Waals surface area contributed by atoms with Crippen molar-refractivity contribution >= 4 is 21.1 Å². The minimum atomic E-state index is -3.56. The van der Waals surface area contributed by atoms with Crippen molar-refractivity contribution in [2.75, 3.05) is 6.54 Å². The van der Waals surface area contributed by atoms with Crippen LogP contribution in [-0.2, 0) is 23.0 Å². The first kappa shape index (κ1) is 19.0. The van der Waals surface area contributed by atoms with Crippen LogP contribution in [0.2, 0.25) is 0 Å². The van der Waals surface area contributed by atoms with Gasteiger partial charge in [-0.3, -0.25) is 5.10 Å². The molecule has 0 radical (unpaired) electrons. The fourth-order valence-electron chi connectivity index (χ4n) is 4.06. The van der Waals surface area contributed by atoms with E-state index >= 15 is 0 Å². The number of fused-ring (bicyclic) bond motifs is 2. The standard InChI is InChI=1S/C22H23N5O2S/c1-13-6-4-5-7-20(13)30(28,29)27-9-8-16-19(12-27)25-26-21(16)22-23-17-10-14(2)15(3)11-18(17)24-22/h4-7,10-11H,8-9,12H2,1-3H3,(H,23,24)(H,25,26). The Hall–Kier alpha value is -2.97. The van der Waals surface area contributed by atoms with Crippen molar-refractivity contribution in [1.82, 2.24) is 24.5 Å². The summed E-state index contributed by atoms with van der Waals surface area (Å²) in [6, 6.07) is 11.3. The van der Waals surface area contributed by atoms with Crippen LogP contribution < -0.4 is 0 Å². The number of hydrogen-bond acceptors (Lipinski definition) is 4. The molecule has 8 heteroatoms. The molecule has 2 N–H and O–H groups in total. The molecule has 0 fully saturated rings. The number of aryl methyl sites for hydroxylation is 3. The first-order valence-electron chi connectivity index (χ1n) is 9.94. The largest absolute Gasteiger partial charge is 0.337 e. The third-order valence-electron chi connectivity index (χ3n) is 5.94. The number of aromatic amines is 2. The summed E-state index contributed by atoms with van der Waals surface area (Å²) in [5, 5.41) is 7.51. The van der Waals surface area contributed by atoms with Gasteiger partial charge >= 0.3 is 0 Å². The van der Waals surface area contributed by atoms with Crippen LogP contribution in [0.5, 0.6) is 0 Å². The van der Waals surface area contributed by atoms with E-state index in [1.807, 2.05) is 19.1 Å². The third-order valence-corrected chi connectivity index (χ3v) is 7.94. The summed E-state index contributed by atoms with van der Waals surface area (Å²) in [6.45, 7) is 6.64. The molecule has 1 aliphatic rings. The Balaban J connectivity index is 1.49. The Morgan fingerprint density at radius 3 is 2.60 bits per heavy atom. The maximum Gasteiger partial charge on any atom is 0.243 e. The molecule has 3 heterocycles. The zero-order valence-electron chi connectivity index (χ0n) is 17.2. The predicted molar refractivity (Wildman–Crippen MR) is 116 cm³/mol. The maximum absolute atomic E-state index is 13.1. The first-order chi connectivity index (χ1) is 14.3. The number of nitrogens with one attached hydrogen (secondary N) is 2. The van der Waals surface area contributed by atoms with Gasteiger partial charge in [0.05, 0.1) is 28.2 Å². The van der Waals surface area contributed by atoms with Gasteiger partial charge in [0.25, 0.3) is 0 Å². The molecule has 2 aromatic heterocycles. The molecule has 0 atom stereocenters. The van der Waals surface area contributed by atoms with E-state index in [0.717, 1.165) is 39.4 Å². The Bertz CT molecular complexity index is 1350. The molecule has 0 spiro atoms. The molecule has 0 saturated heterocycles. The van der Waals surface area contributed by atoms with Crippen LogP contribution in [0.1, 0.15) is 27.9 Å². The number of H-pyrrole nitrogens is 2. The van der Waals surface area contributed by atoms with E-state index < -0.39 is 10.0 Å². The highest BCUT2D eigenvalue weighted by molar-refractivity contribution is 7.89. The zero-order valence-corrected chi connectivity index (χ0v) is 18.0. The highest BCUT2D eigenvalue weighted by Gasteiger charge is 2.32. The summed E-state index contributed by atoms with van der Waals surface area (Å²) in [5.74, 6) is 0.735. The SMILES string of the molecule is Cc1cc2nc(-c3[nH]nc4c3CCN(S(=O)(=O)c3ccccc3C)C4)[nH]c2cc1C. The van der Waals surface area contributed by atoms with Gasteiger partial charge in [0, 0.05) is 12.1 Å². The molecule has 0 bridgehead atoms. The van der Waals surface area contributed by atoms with Crippen LogP contribution in [0.15, 0.2) is 41.3 Å². The third kappa shape index (κ3) is 2.95. The van der Waals surface area contributed by atoms with Gasteiger partial charge in [-0.15, -0.1) is 0 Å². The lowest BCUT2D eigenvalue weighted by Gasteiger charge is -2.26. The van der Waals surface area contributed by atoms with Crippen LogP contribution in [-0.4, -0.2) is 39.4 Å². The average Bonchev–Trinajstić information content (AvgIpc) is 3.31. The molecule has 154 valence electrons. The predicted octanol–water partition coefficient (Wildman–Crippen LogP) is 3.63. The lowest BCUT2D eigenvalue weighted by atomic mass is 10.1. The van der Waals surface area contributed by atoms with E-state index in [2.05, 4.69) is 41.2 Å². The van der Waals surface area contributed by atoms with Gasteiger partial charge in [-0.1, -0.05) is 18.2 Å². The van der Waals surface area contributed by atoms with Crippen LogP contribution >= 0.6 is 0 Å². The highest BCUT2D eigenvalue weighted by atomic mass is 32.2. The smallest absolute Gasteiger partial charge is 0.243 e. The summed E-state index contributed by atoms with van der Waals surface area (Å²) >= 11 is 0. The summed E-state index contributed by atoms with van der Waals surface area (Å²) in [7, 11) is -3.56. The van der Waals surface area contributed by atoms with Crippen LogP contribution in [0.25, 0.3) is 22.6 Å².